The molecule has 0 spiro atoms. The summed E-state index contributed by atoms with van der Waals surface area (Å²) in [6, 6.07) is 0. The second-order valence-corrected chi connectivity index (χ2v) is 2.11. The average Bonchev–Trinajstić information content (AvgIpc) is 1.89. The van der Waals surface area contributed by atoms with Crippen LogP contribution in [-0.2, 0) is 24.2 Å². The molecule has 0 fully saturated rings. The number of ether oxygens (including phenoxy) is 1. The van der Waals surface area contributed by atoms with E-state index in [2.05, 4.69) is 6.92 Å². The minimum absolute atomic E-state index is 0. The van der Waals surface area contributed by atoms with E-state index in [0.717, 1.165) is 26.2 Å². The topological polar surface area (TPSA) is 35.2 Å². The quantitative estimate of drug-likeness (QED) is 0.552. The molecule has 2 nitrogen and oxygen atoms in total. The van der Waals surface area contributed by atoms with Crippen molar-refractivity contribution in [1.29, 1.82) is 0 Å². The second-order valence-electron chi connectivity index (χ2n) is 2.11. The zero-order valence-electron chi connectivity index (χ0n) is 6.56. The molecule has 0 amide bonds. The molecule has 3 heteroatoms. The van der Waals surface area contributed by atoms with Crippen LogP contribution in [0.5, 0.6) is 0 Å². The van der Waals surface area contributed by atoms with E-state index >= 15 is 0 Å². The van der Waals surface area contributed by atoms with Gasteiger partial charge in [-0.15, -0.1) is 0 Å². The predicted octanol–water partition coefficient (Wildman–Crippen LogP) is 1.15. The van der Waals surface area contributed by atoms with Crippen LogP contribution in [0.1, 0.15) is 26.2 Å². The molecule has 0 rings (SSSR count). The van der Waals surface area contributed by atoms with Crippen molar-refractivity contribution >= 4 is 0 Å². The van der Waals surface area contributed by atoms with E-state index in [9.17, 15) is 0 Å². The summed E-state index contributed by atoms with van der Waals surface area (Å²) in [5, 5.41) is 0. The number of hydrogen-bond acceptors (Lipinski definition) is 2. The zero-order valence-corrected chi connectivity index (χ0v) is 8.20. The molecule has 65 valence electrons. The van der Waals surface area contributed by atoms with Gasteiger partial charge in [-0.1, -0.05) is 13.3 Å². The summed E-state index contributed by atoms with van der Waals surface area (Å²) < 4.78 is 5.23. The summed E-state index contributed by atoms with van der Waals surface area (Å²) in [7, 11) is 0. The summed E-state index contributed by atoms with van der Waals surface area (Å²) in [4.78, 5) is 0. The van der Waals surface area contributed by atoms with Crippen LogP contribution in [0.15, 0.2) is 0 Å². The Morgan fingerprint density at radius 3 is 2.30 bits per heavy atom. The van der Waals surface area contributed by atoms with Gasteiger partial charge >= 0.3 is 0 Å². The molecule has 0 aliphatic carbocycles. The van der Waals surface area contributed by atoms with Crippen LogP contribution in [-0.4, -0.2) is 19.8 Å². The first kappa shape index (κ1) is 13.2. The van der Waals surface area contributed by atoms with E-state index in [4.69, 9.17) is 10.5 Å². The molecule has 0 saturated heterocycles. The van der Waals surface area contributed by atoms with Gasteiger partial charge in [0.1, 0.15) is 0 Å². The Bertz CT molecular complexity index is 46.9. The molecule has 0 heterocycles. The van der Waals surface area contributed by atoms with E-state index in [-0.39, 0.29) is 19.5 Å². The fourth-order valence-electron chi connectivity index (χ4n) is 0.534. The third kappa shape index (κ3) is 11.4. The average molecular weight is 234 g/mol. The summed E-state index contributed by atoms with van der Waals surface area (Å²) in [5.41, 5.74) is 5.26. The molecule has 0 bridgehead atoms. The molecular weight excluding hydrogens is 217 g/mol. The van der Waals surface area contributed by atoms with Crippen LogP contribution in [0.3, 0.4) is 0 Å². The van der Waals surface area contributed by atoms with Gasteiger partial charge in [-0.25, -0.2) is 0 Å². The molecule has 0 aliphatic heterocycles. The maximum absolute atomic E-state index is 5.26. The maximum atomic E-state index is 5.26. The van der Waals surface area contributed by atoms with Crippen molar-refractivity contribution in [1.82, 2.24) is 0 Å². The molecule has 2 N–H and O–H groups in total. The third-order valence-electron chi connectivity index (χ3n) is 1.14. The number of nitrogens with two attached hydrogens (primary N) is 1. The van der Waals surface area contributed by atoms with Crippen LogP contribution in [0.2, 0.25) is 0 Å². The molecule has 1 radical (unpaired) electrons. The van der Waals surface area contributed by atoms with E-state index in [1.807, 2.05) is 0 Å². The van der Waals surface area contributed by atoms with Crippen molar-refractivity contribution in [2.24, 2.45) is 5.73 Å². The van der Waals surface area contributed by atoms with Gasteiger partial charge < -0.3 is 10.5 Å². The number of hydrogen-bond donors (Lipinski definition) is 1. The van der Waals surface area contributed by atoms with E-state index in [0.29, 0.717) is 0 Å². The van der Waals surface area contributed by atoms with E-state index in [1.165, 1.54) is 12.8 Å². The first-order valence-corrected chi connectivity index (χ1v) is 3.69. The molecule has 0 aromatic carbocycles. The van der Waals surface area contributed by atoms with Crippen LogP contribution < -0.4 is 5.73 Å². The van der Waals surface area contributed by atoms with Crippen LogP contribution in [0.4, 0.5) is 0 Å². The molecular formula is C7H17NORh. The summed E-state index contributed by atoms with van der Waals surface area (Å²) in [5.74, 6) is 0. The SMILES string of the molecule is CCCCOCCCN.[Rh]. The Labute approximate surface area is 76.3 Å². The van der Waals surface area contributed by atoms with Gasteiger partial charge in [-0.2, -0.15) is 0 Å². The minimum atomic E-state index is 0. The van der Waals surface area contributed by atoms with Crippen LogP contribution in [0, 0.1) is 0 Å². The molecule has 0 unspecified atom stereocenters. The Morgan fingerprint density at radius 2 is 1.80 bits per heavy atom. The summed E-state index contributed by atoms with van der Waals surface area (Å²) in [6.07, 6.45) is 3.37. The summed E-state index contributed by atoms with van der Waals surface area (Å²) >= 11 is 0. The molecule has 0 atom stereocenters. The van der Waals surface area contributed by atoms with E-state index < -0.39 is 0 Å². The maximum Gasteiger partial charge on any atom is 0.0478 e. The standard InChI is InChI=1S/C7H17NO.Rh/c1-2-3-6-9-7-4-5-8;/h2-8H2,1H3;. The van der Waals surface area contributed by atoms with Crippen molar-refractivity contribution in [3.05, 3.63) is 0 Å². The number of unbranched alkanes of at least 4 members (excludes halogenated alkanes) is 1. The summed E-state index contributed by atoms with van der Waals surface area (Å²) in [6.45, 7) is 4.63. The first-order chi connectivity index (χ1) is 4.41. The van der Waals surface area contributed by atoms with Crippen molar-refractivity contribution in [2.75, 3.05) is 19.8 Å². The van der Waals surface area contributed by atoms with Gasteiger partial charge in [0.25, 0.3) is 0 Å². The fraction of sp³-hybridized carbons (Fsp3) is 1.00. The molecule has 0 saturated carbocycles. The normalized spacial score (nSPS) is 9.00. The van der Waals surface area contributed by atoms with Gasteiger partial charge in [0.15, 0.2) is 0 Å². The van der Waals surface area contributed by atoms with Gasteiger partial charge in [-0.05, 0) is 19.4 Å². The second kappa shape index (κ2) is 12.2. The van der Waals surface area contributed by atoms with Gasteiger partial charge in [0, 0.05) is 32.7 Å². The Hall–Kier alpha value is 0.543. The largest absolute Gasteiger partial charge is 0.381 e. The van der Waals surface area contributed by atoms with Gasteiger partial charge in [0.05, 0.1) is 0 Å². The fourth-order valence-corrected chi connectivity index (χ4v) is 0.534. The van der Waals surface area contributed by atoms with Crippen molar-refractivity contribution in [3.63, 3.8) is 0 Å². The van der Waals surface area contributed by atoms with Crippen molar-refractivity contribution < 1.29 is 24.2 Å². The Morgan fingerprint density at radius 1 is 1.20 bits per heavy atom. The zero-order chi connectivity index (χ0) is 6.95. The monoisotopic (exact) mass is 234 g/mol. The van der Waals surface area contributed by atoms with Crippen molar-refractivity contribution in [3.8, 4) is 0 Å². The molecule has 10 heavy (non-hydrogen) atoms. The third-order valence-corrected chi connectivity index (χ3v) is 1.14. The van der Waals surface area contributed by atoms with E-state index in [1.54, 1.807) is 0 Å². The molecule has 0 aromatic rings. The molecule has 0 aromatic heterocycles. The van der Waals surface area contributed by atoms with Crippen molar-refractivity contribution in [2.45, 2.75) is 26.2 Å². The minimum Gasteiger partial charge on any atom is -0.381 e. The number of rotatable bonds is 6. The van der Waals surface area contributed by atoms with Crippen LogP contribution >= 0.6 is 0 Å². The first-order valence-electron chi connectivity index (χ1n) is 3.69. The smallest absolute Gasteiger partial charge is 0.0478 e. The molecule has 0 aliphatic rings. The Kier molecular flexibility index (Phi) is 16.1. The van der Waals surface area contributed by atoms with Gasteiger partial charge in [0.2, 0.25) is 0 Å². The van der Waals surface area contributed by atoms with Crippen LogP contribution in [0.25, 0.3) is 0 Å². The Balaban J connectivity index is 0. The predicted molar refractivity (Wildman–Crippen MR) is 39.4 cm³/mol. The van der Waals surface area contributed by atoms with Gasteiger partial charge in [-0.3, -0.25) is 0 Å².